The fraction of sp³-hybridized carbons (Fsp3) is 0.556. The van der Waals surface area contributed by atoms with Gasteiger partial charge >= 0.3 is 0 Å². The van der Waals surface area contributed by atoms with E-state index in [0.29, 0.717) is 25.3 Å². The van der Waals surface area contributed by atoms with Gasteiger partial charge in [0.1, 0.15) is 6.10 Å². The van der Waals surface area contributed by atoms with Crippen molar-refractivity contribution in [2.75, 3.05) is 31.6 Å². The molecule has 0 aromatic heterocycles. The van der Waals surface area contributed by atoms with E-state index in [0.717, 1.165) is 25.1 Å². The van der Waals surface area contributed by atoms with Gasteiger partial charge in [0.15, 0.2) is 0 Å². The van der Waals surface area contributed by atoms with Crippen LogP contribution in [0.3, 0.4) is 0 Å². The number of ether oxygens (including phenoxy) is 2. The molecule has 6 heteroatoms. The van der Waals surface area contributed by atoms with E-state index in [2.05, 4.69) is 11.4 Å². The second kappa shape index (κ2) is 7.65. The van der Waals surface area contributed by atoms with Gasteiger partial charge in [0.2, 0.25) is 0 Å². The first-order valence-electron chi connectivity index (χ1n) is 8.44. The molecular formula is C18H23N3O3. The maximum absolute atomic E-state index is 12.3. The predicted molar refractivity (Wildman–Crippen MR) is 89.5 cm³/mol. The van der Waals surface area contributed by atoms with Gasteiger partial charge in [-0.3, -0.25) is 4.79 Å². The Labute approximate surface area is 142 Å². The monoisotopic (exact) mass is 329 g/mol. The quantitative estimate of drug-likeness (QED) is 0.861. The van der Waals surface area contributed by atoms with Gasteiger partial charge < -0.3 is 19.7 Å². The largest absolute Gasteiger partial charge is 0.379 e. The first kappa shape index (κ1) is 16.7. The number of nitriles is 1. The summed E-state index contributed by atoms with van der Waals surface area (Å²) in [6.07, 6.45) is 1.79. The summed E-state index contributed by atoms with van der Waals surface area (Å²) in [7, 11) is 0. The van der Waals surface area contributed by atoms with Crippen molar-refractivity contribution in [1.82, 2.24) is 4.90 Å². The number of benzene rings is 1. The minimum absolute atomic E-state index is 0.0248. The van der Waals surface area contributed by atoms with Crippen LogP contribution in [-0.2, 0) is 14.3 Å². The molecule has 0 radical (unpaired) electrons. The van der Waals surface area contributed by atoms with Gasteiger partial charge in [-0.1, -0.05) is 6.07 Å². The third kappa shape index (κ3) is 4.05. The summed E-state index contributed by atoms with van der Waals surface area (Å²) in [6, 6.07) is 9.71. The lowest BCUT2D eigenvalue weighted by Gasteiger charge is -2.41. The highest BCUT2D eigenvalue weighted by atomic mass is 16.5. The van der Waals surface area contributed by atoms with Crippen molar-refractivity contribution in [3.8, 4) is 6.07 Å². The Balaban J connectivity index is 1.40. The third-order valence-electron chi connectivity index (χ3n) is 4.46. The molecule has 24 heavy (non-hydrogen) atoms. The van der Waals surface area contributed by atoms with Gasteiger partial charge in [0.05, 0.1) is 30.4 Å². The number of rotatable bonds is 6. The van der Waals surface area contributed by atoms with Crippen LogP contribution >= 0.6 is 0 Å². The number of likely N-dealkylation sites (tertiary alicyclic amines) is 1. The predicted octanol–water partition coefficient (Wildman–Crippen LogP) is 1.77. The minimum Gasteiger partial charge on any atom is -0.379 e. The van der Waals surface area contributed by atoms with Gasteiger partial charge in [-0.05, 0) is 38.0 Å². The van der Waals surface area contributed by atoms with Crippen LogP contribution in [-0.4, -0.2) is 55.4 Å². The maximum Gasteiger partial charge on any atom is 0.251 e. The number of anilines is 1. The molecule has 0 spiro atoms. The third-order valence-corrected chi connectivity index (χ3v) is 4.46. The van der Waals surface area contributed by atoms with Crippen LogP contribution in [0.25, 0.3) is 0 Å². The molecule has 1 N–H and O–H groups in total. The molecule has 2 fully saturated rings. The summed E-state index contributed by atoms with van der Waals surface area (Å²) in [5, 5.41) is 12.3. The van der Waals surface area contributed by atoms with Crippen molar-refractivity contribution >= 4 is 11.6 Å². The minimum atomic E-state index is -0.433. The van der Waals surface area contributed by atoms with Crippen LogP contribution in [0.15, 0.2) is 24.3 Å². The average molecular weight is 329 g/mol. The van der Waals surface area contributed by atoms with Crippen LogP contribution in [0.4, 0.5) is 5.69 Å². The normalized spacial score (nSPS) is 21.8. The number of amides is 1. The van der Waals surface area contributed by atoms with E-state index in [-0.39, 0.29) is 18.1 Å². The smallest absolute Gasteiger partial charge is 0.251 e. The van der Waals surface area contributed by atoms with Crippen molar-refractivity contribution in [3.05, 3.63) is 29.8 Å². The molecule has 0 bridgehead atoms. The lowest BCUT2D eigenvalue weighted by molar-refractivity contribution is -0.148. The van der Waals surface area contributed by atoms with Gasteiger partial charge in [-0.25, -0.2) is 0 Å². The molecule has 128 valence electrons. The molecule has 2 aliphatic rings. The van der Waals surface area contributed by atoms with Gasteiger partial charge in [0.25, 0.3) is 5.91 Å². The molecule has 2 saturated heterocycles. The summed E-state index contributed by atoms with van der Waals surface area (Å²) in [6.45, 7) is 4.40. The van der Waals surface area contributed by atoms with Gasteiger partial charge in [-0.2, -0.15) is 5.26 Å². The second-order valence-electron chi connectivity index (χ2n) is 6.39. The van der Waals surface area contributed by atoms with E-state index in [1.807, 2.05) is 18.2 Å². The fourth-order valence-corrected chi connectivity index (χ4v) is 3.02. The number of carbonyl (C=O) groups is 1. The Morgan fingerprint density at radius 3 is 3.08 bits per heavy atom. The van der Waals surface area contributed by atoms with Gasteiger partial charge in [-0.15, -0.1) is 0 Å². The maximum atomic E-state index is 12.3. The highest BCUT2D eigenvalue weighted by Crippen LogP contribution is 2.18. The molecule has 2 aliphatic heterocycles. The van der Waals surface area contributed by atoms with E-state index >= 15 is 0 Å². The SMILES string of the molecule is CC(OCC1CCCO1)C(=O)N1CC(Nc2cccc(C#N)c2)C1. The molecule has 2 atom stereocenters. The number of hydrogen-bond donors (Lipinski definition) is 1. The van der Waals surface area contributed by atoms with E-state index in [9.17, 15) is 4.79 Å². The number of nitrogens with zero attached hydrogens (tertiary/aromatic N) is 2. The van der Waals surface area contributed by atoms with E-state index in [1.165, 1.54) is 0 Å². The van der Waals surface area contributed by atoms with E-state index in [1.54, 1.807) is 17.9 Å². The molecular weight excluding hydrogens is 306 g/mol. The zero-order valence-electron chi connectivity index (χ0n) is 13.9. The lowest BCUT2D eigenvalue weighted by Crippen LogP contribution is -2.59. The average Bonchev–Trinajstić information content (AvgIpc) is 3.08. The number of carbonyl (C=O) groups excluding carboxylic acids is 1. The van der Waals surface area contributed by atoms with Crippen molar-refractivity contribution in [2.45, 2.75) is 38.0 Å². The summed E-state index contributed by atoms with van der Waals surface area (Å²) < 4.78 is 11.2. The van der Waals surface area contributed by atoms with Crippen LogP contribution < -0.4 is 5.32 Å². The fourth-order valence-electron chi connectivity index (χ4n) is 3.02. The standard InChI is InChI=1S/C18H23N3O3/c1-13(24-12-17-6-3-7-23-17)18(22)21-10-16(11-21)20-15-5-2-4-14(8-15)9-19/h2,4-5,8,13,16-17,20H,3,6-7,10-12H2,1H3. The van der Waals surface area contributed by atoms with Crippen molar-refractivity contribution in [3.63, 3.8) is 0 Å². The second-order valence-corrected chi connectivity index (χ2v) is 6.39. The van der Waals surface area contributed by atoms with Gasteiger partial charge in [0, 0.05) is 25.4 Å². The Bertz CT molecular complexity index is 616. The molecule has 0 aliphatic carbocycles. The Morgan fingerprint density at radius 2 is 2.38 bits per heavy atom. The molecule has 2 heterocycles. The summed E-state index contributed by atoms with van der Waals surface area (Å²) in [5.74, 6) is 0.0248. The Morgan fingerprint density at radius 1 is 1.54 bits per heavy atom. The van der Waals surface area contributed by atoms with Crippen molar-refractivity contribution in [1.29, 1.82) is 5.26 Å². The molecule has 1 aromatic rings. The van der Waals surface area contributed by atoms with E-state index in [4.69, 9.17) is 14.7 Å². The molecule has 1 amide bonds. The highest BCUT2D eigenvalue weighted by Gasteiger charge is 2.33. The summed E-state index contributed by atoms with van der Waals surface area (Å²) >= 11 is 0. The molecule has 6 nitrogen and oxygen atoms in total. The zero-order chi connectivity index (χ0) is 16.9. The number of hydrogen-bond acceptors (Lipinski definition) is 5. The molecule has 0 saturated carbocycles. The Hall–Kier alpha value is -2.10. The molecule has 2 unspecified atom stereocenters. The summed E-state index contributed by atoms with van der Waals surface area (Å²) in [4.78, 5) is 14.1. The van der Waals surface area contributed by atoms with Crippen LogP contribution in [0.1, 0.15) is 25.3 Å². The topological polar surface area (TPSA) is 74.6 Å². The zero-order valence-corrected chi connectivity index (χ0v) is 13.9. The molecule has 1 aromatic carbocycles. The number of nitrogens with one attached hydrogen (secondary N) is 1. The van der Waals surface area contributed by atoms with Crippen LogP contribution in [0, 0.1) is 11.3 Å². The highest BCUT2D eigenvalue weighted by molar-refractivity contribution is 5.81. The lowest BCUT2D eigenvalue weighted by atomic mass is 10.1. The van der Waals surface area contributed by atoms with Crippen LogP contribution in [0.2, 0.25) is 0 Å². The summed E-state index contributed by atoms with van der Waals surface area (Å²) in [5.41, 5.74) is 1.54. The van der Waals surface area contributed by atoms with Crippen molar-refractivity contribution < 1.29 is 14.3 Å². The van der Waals surface area contributed by atoms with Crippen molar-refractivity contribution in [2.24, 2.45) is 0 Å². The first-order chi connectivity index (χ1) is 11.7. The van der Waals surface area contributed by atoms with E-state index < -0.39 is 6.10 Å². The molecule has 3 rings (SSSR count). The van der Waals surface area contributed by atoms with Crippen LogP contribution in [0.5, 0.6) is 0 Å². The first-order valence-corrected chi connectivity index (χ1v) is 8.44. The Kier molecular flexibility index (Phi) is 5.34.